The van der Waals surface area contributed by atoms with Crippen molar-refractivity contribution in [2.45, 2.75) is 47.6 Å². The zero-order chi connectivity index (χ0) is 17.5. The Bertz CT molecular complexity index is 290. The first-order chi connectivity index (χ1) is 10.3. The first-order valence-corrected chi connectivity index (χ1v) is 7.73. The summed E-state index contributed by atoms with van der Waals surface area (Å²) in [6, 6.07) is 0. The quantitative estimate of drug-likeness (QED) is 0.608. The molecule has 0 bridgehead atoms. The Balaban J connectivity index is 0. The number of carbonyl (C=O) groups is 2. The average Bonchev–Trinajstić information content (AvgIpc) is 2.50. The summed E-state index contributed by atoms with van der Waals surface area (Å²) in [6.45, 7) is 13.1. The van der Waals surface area contributed by atoms with Crippen molar-refractivity contribution in [1.29, 1.82) is 0 Å². The van der Waals surface area contributed by atoms with Crippen LogP contribution in [0.3, 0.4) is 0 Å². The Kier molecular flexibility index (Phi) is 15.5. The van der Waals surface area contributed by atoms with Gasteiger partial charge in [-0.2, -0.15) is 0 Å². The number of ether oxygens (including phenoxy) is 4. The van der Waals surface area contributed by atoms with Crippen LogP contribution in [-0.4, -0.2) is 51.6 Å². The van der Waals surface area contributed by atoms with Gasteiger partial charge in [-0.15, -0.1) is 0 Å². The van der Waals surface area contributed by atoms with E-state index in [1.54, 1.807) is 20.8 Å². The van der Waals surface area contributed by atoms with E-state index in [4.69, 9.17) is 14.2 Å². The van der Waals surface area contributed by atoms with Crippen LogP contribution in [0, 0.1) is 11.8 Å². The normalized spacial score (nSPS) is 12.9. The van der Waals surface area contributed by atoms with Crippen molar-refractivity contribution < 1.29 is 28.5 Å². The van der Waals surface area contributed by atoms with Crippen LogP contribution in [0.5, 0.6) is 0 Å². The van der Waals surface area contributed by atoms with Crippen LogP contribution >= 0.6 is 0 Å². The zero-order valence-corrected chi connectivity index (χ0v) is 15.0. The fourth-order valence-electron chi connectivity index (χ4n) is 1.25. The number of rotatable bonds is 9. The summed E-state index contributed by atoms with van der Waals surface area (Å²) >= 11 is 0. The van der Waals surface area contributed by atoms with Gasteiger partial charge >= 0.3 is 11.9 Å². The van der Waals surface area contributed by atoms with E-state index in [-0.39, 0.29) is 29.9 Å². The SMILES string of the molecule is CCOCC(C)C(=O)OCC.COC(=O)C(C)COC(C)C. The van der Waals surface area contributed by atoms with Gasteiger partial charge in [0.05, 0.1) is 44.9 Å². The van der Waals surface area contributed by atoms with Gasteiger partial charge in [0, 0.05) is 6.61 Å². The highest BCUT2D eigenvalue weighted by Gasteiger charge is 2.13. The average molecular weight is 320 g/mol. The second-order valence-electron chi connectivity index (χ2n) is 5.12. The molecule has 0 heterocycles. The van der Waals surface area contributed by atoms with Crippen molar-refractivity contribution >= 4 is 11.9 Å². The lowest BCUT2D eigenvalue weighted by Crippen LogP contribution is -2.20. The van der Waals surface area contributed by atoms with Crippen molar-refractivity contribution in [2.75, 3.05) is 33.5 Å². The molecule has 132 valence electrons. The molecule has 0 radical (unpaired) electrons. The van der Waals surface area contributed by atoms with Crippen molar-refractivity contribution in [3.05, 3.63) is 0 Å². The summed E-state index contributed by atoms with van der Waals surface area (Å²) < 4.78 is 19.6. The molecule has 0 aliphatic heterocycles. The summed E-state index contributed by atoms with van der Waals surface area (Å²) in [5.41, 5.74) is 0. The minimum atomic E-state index is -0.217. The molecule has 0 spiro atoms. The summed E-state index contributed by atoms with van der Waals surface area (Å²) in [5.74, 6) is -0.705. The fraction of sp³-hybridized carbons (Fsp3) is 0.875. The monoisotopic (exact) mass is 320 g/mol. The topological polar surface area (TPSA) is 71.1 Å². The second-order valence-corrected chi connectivity index (χ2v) is 5.12. The van der Waals surface area contributed by atoms with E-state index in [0.717, 1.165) is 0 Å². The predicted molar refractivity (Wildman–Crippen MR) is 84.6 cm³/mol. The molecule has 0 aromatic heterocycles. The third kappa shape index (κ3) is 13.8. The maximum absolute atomic E-state index is 10.9. The van der Waals surface area contributed by atoms with Crippen molar-refractivity contribution in [3.8, 4) is 0 Å². The lowest BCUT2D eigenvalue weighted by atomic mass is 10.2. The molecule has 0 aromatic carbocycles. The highest BCUT2D eigenvalue weighted by atomic mass is 16.5. The Hall–Kier alpha value is -1.14. The Morgan fingerprint density at radius 1 is 0.864 bits per heavy atom. The molecule has 0 N–H and O–H groups in total. The second kappa shape index (κ2) is 14.8. The molecule has 0 aliphatic carbocycles. The number of hydrogen-bond donors (Lipinski definition) is 0. The molecule has 0 fully saturated rings. The molecule has 22 heavy (non-hydrogen) atoms. The van der Waals surface area contributed by atoms with E-state index in [1.165, 1.54) is 7.11 Å². The molecule has 0 aromatic rings. The van der Waals surface area contributed by atoms with Gasteiger partial charge in [0.15, 0.2) is 0 Å². The van der Waals surface area contributed by atoms with Crippen LogP contribution in [-0.2, 0) is 28.5 Å². The van der Waals surface area contributed by atoms with Gasteiger partial charge in [0.2, 0.25) is 0 Å². The molecule has 6 heteroatoms. The lowest BCUT2D eigenvalue weighted by molar-refractivity contribution is -0.149. The van der Waals surface area contributed by atoms with Gasteiger partial charge in [-0.3, -0.25) is 9.59 Å². The van der Waals surface area contributed by atoms with E-state index in [9.17, 15) is 9.59 Å². The summed E-state index contributed by atoms with van der Waals surface area (Å²) in [5, 5.41) is 0. The van der Waals surface area contributed by atoms with Gasteiger partial charge in [0.25, 0.3) is 0 Å². The van der Waals surface area contributed by atoms with Gasteiger partial charge < -0.3 is 18.9 Å². The van der Waals surface area contributed by atoms with Crippen LogP contribution < -0.4 is 0 Å². The van der Waals surface area contributed by atoms with Gasteiger partial charge in [-0.25, -0.2) is 0 Å². The maximum atomic E-state index is 10.9. The first kappa shape index (κ1) is 23.1. The highest BCUT2D eigenvalue weighted by molar-refractivity contribution is 5.72. The van der Waals surface area contributed by atoms with Gasteiger partial charge in [0.1, 0.15) is 0 Å². The third-order valence-corrected chi connectivity index (χ3v) is 2.54. The maximum Gasteiger partial charge on any atom is 0.310 e. The minimum absolute atomic E-state index is 0.144. The zero-order valence-electron chi connectivity index (χ0n) is 15.0. The standard InChI is InChI=1S/2C8H16O3/c1-6(2)11-5-7(3)8(9)10-4;1-4-10-6-7(3)8(9)11-5-2/h6-7H,5H2,1-4H3;7H,4-6H2,1-3H3. The van der Waals surface area contributed by atoms with Gasteiger partial charge in [-0.05, 0) is 41.5 Å². The summed E-state index contributed by atoms with van der Waals surface area (Å²) in [7, 11) is 1.38. The van der Waals surface area contributed by atoms with E-state index in [0.29, 0.717) is 26.4 Å². The molecule has 0 rings (SSSR count). The van der Waals surface area contributed by atoms with Crippen LogP contribution in [0.15, 0.2) is 0 Å². The molecular weight excluding hydrogens is 288 g/mol. The predicted octanol–water partition coefficient (Wildman–Crippen LogP) is 2.44. The first-order valence-electron chi connectivity index (χ1n) is 7.73. The molecule has 0 aliphatic rings. The molecule has 2 unspecified atom stereocenters. The summed E-state index contributed by atoms with van der Waals surface area (Å²) in [6.07, 6.45) is 0.169. The van der Waals surface area contributed by atoms with Crippen molar-refractivity contribution in [1.82, 2.24) is 0 Å². The number of hydrogen-bond acceptors (Lipinski definition) is 6. The summed E-state index contributed by atoms with van der Waals surface area (Å²) in [4.78, 5) is 21.8. The van der Waals surface area contributed by atoms with Crippen molar-refractivity contribution in [2.24, 2.45) is 11.8 Å². The number of carbonyl (C=O) groups excluding carboxylic acids is 2. The Morgan fingerprint density at radius 3 is 1.82 bits per heavy atom. The van der Waals surface area contributed by atoms with E-state index in [2.05, 4.69) is 4.74 Å². The van der Waals surface area contributed by atoms with Crippen molar-refractivity contribution in [3.63, 3.8) is 0 Å². The fourth-order valence-corrected chi connectivity index (χ4v) is 1.25. The third-order valence-electron chi connectivity index (χ3n) is 2.54. The number of esters is 2. The van der Waals surface area contributed by atoms with Crippen LogP contribution in [0.1, 0.15) is 41.5 Å². The van der Waals surface area contributed by atoms with E-state index < -0.39 is 0 Å². The number of methoxy groups -OCH3 is 1. The Morgan fingerprint density at radius 2 is 1.41 bits per heavy atom. The molecular formula is C16H32O6. The lowest BCUT2D eigenvalue weighted by Gasteiger charge is -2.11. The Labute approximate surface area is 134 Å². The van der Waals surface area contributed by atoms with Gasteiger partial charge in [-0.1, -0.05) is 0 Å². The van der Waals surface area contributed by atoms with Crippen LogP contribution in [0.25, 0.3) is 0 Å². The largest absolute Gasteiger partial charge is 0.469 e. The molecule has 6 nitrogen and oxygen atoms in total. The van der Waals surface area contributed by atoms with Crippen LogP contribution in [0.2, 0.25) is 0 Å². The van der Waals surface area contributed by atoms with Crippen LogP contribution in [0.4, 0.5) is 0 Å². The molecule has 0 amide bonds. The highest BCUT2D eigenvalue weighted by Crippen LogP contribution is 2.00. The molecule has 0 saturated heterocycles. The molecule has 2 atom stereocenters. The van der Waals surface area contributed by atoms with E-state index >= 15 is 0 Å². The molecule has 0 saturated carbocycles. The van der Waals surface area contributed by atoms with E-state index in [1.807, 2.05) is 20.8 Å². The smallest absolute Gasteiger partial charge is 0.310 e. The minimum Gasteiger partial charge on any atom is -0.469 e.